The second-order valence-electron chi connectivity index (χ2n) is 5.72. The summed E-state index contributed by atoms with van der Waals surface area (Å²) < 4.78 is 0. The number of nitrogens with zero attached hydrogens (tertiary/aromatic N) is 2. The lowest BCUT2D eigenvalue weighted by Crippen LogP contribution is -2.35. The van der Waals surface area contributed by atoms with E-state index in [0.29, 0.717) is 6.04 Å². The van der Waals surface area contributed by atoms with E-state index >= 15 is 0 Å². The van der Waals surface area contributed by atoms with Crippen LogP contribution < -0.4 is 10.6 Å². The molecule has 1 aliphatic rings. The van der Waals surface area contributed by atoms with Gasteiger partial charge >= 0.3 is 0 Å². The highest BCUT2D eigenvalue weighted by atomic mass is 15.2. The Morgan fingerprint density at radius 2 is 1.88 bits per heavy atom. The van der Waals surface area contributed by atoms with E-state index in [1.54, 1.807) is 0 Å². The third kappa shape index (κ3) is 3.40. The van der Waals surface area contributed by atoms with Gasteiger partial charge < -0.3 is 10.6 Å². The Hall–Kier alpha value is -1.16. The van der Waals surface area contributed by atoms with E-state index in [-0.39, 0.29) is 5.41 Å². The molecule has 0 spiro atoms. The van der Waals surface area contributed by atoms with Crippen molar-refractivity contribution in [3.8, 4) is 0 Å². The van der Waals surface area contributed by atoms with Crippen molar-refractivity contribution in [2.24, 2.45) is 0 Å². The molecule has 1 aromatic heterocycles. The average molecular weight is 234 g/mol. The number of hydrogen-bond donors (Lipinski definition) is 2. The number of piperidine rings is 1. The fraction of sp³-hybridized carbons (Fsp3) is 0.692. The Labute approximate surface area is 103 Å². The van der Waals surface area contributed by atoms with Gasteiger partial charge in [0, 0.05) is 11.5 Å². The van der Waals surface area contributed by atoms with Crippen molar-refractivity contribution in [1.82, 2.24) is 15.5 Å². The second-order valence-corrected chi connectivity index (χ2v) is 5.72. The highest BCUT2D eigenvalue weighted by molar-refractivity contribution is 5.35. The van der Waals surface area contributed by atoms with Gasteiger partial charge in [0.1, 0.15) is 5.82 Å². The van der Waals surface area contributed by atoms with Gasteiger partial charge in [0.15, 0.2) is 0 Å². The lowest BCUT2D eigenvalue weighted by atomic mass is 9.92. The number of rotatable bonds is 2. The molecule has 2 heterocycles. The Balaban J connectivity index is 1.98. The van der Waals surface area contributed by atoms with Gasteiger partial charge in [0.25, 0.3) is 0 Å². The highest BCUT2D eigenvalue weighted by Crippen LogP contribution is 2.20. The van der Waals surface area contributed by atoms with Gasteiger partial charge in [-0.1, -0.05) is 20.8 Å². The van der Waals surface area contributed by atoms with Crippen LogP contribution in [0.3, 0.4) is 0 Å². The molecule has 0 amide bonds. The van der Waals surface area contributed by atoms with Gasteiger partial charge in [-0.25, -0.2) is 0 Å². The normalized spacial score (nSPS) is 18.1. The summed E-state index contributed by atoms with van der Waals surface area (Å²) in [6.07, 6.45) is 2.31. The fourth-order valence-electron chi connectivity index (χ4n) is 1.98. The van der Waals surface area contributed by atoms with E-state index in [4.69, 9.17) is 0 Å². The van der Waals surface area contributed by atoms with Crippen LogP contribution in [0.15, 0.2) is 12.1 Å². The molecule has 2 N–H and O–H groups in total. The van der Waals surface area contributed by atoms with E-state index < -0.39 is 0 Å². The first-order valence-corrected chi connectivity index (χ1v) is 6.37. The summed E-state index contributed by atoms with van der Waals surface area (Å²) in [6, 6.07) is 4.64. The van der Waals surface area contributed by atoms with Crippen LogP contribution >= 0.6 is 0 Å². The zero-order valence-corrected chi connectivity index (χ0v) is 11.0. The molecule has 1 fully saturated rings. The summed E-state index contributed by atoms with van der Waals surface area (Å²) in [5.41, 5.74) is 1.11. The molecule has 0 radical (unpaired) electrons. The molecule has 0 saturated carbocycles. The van der Waals surface area contributed by atoms with Crippen molar-refractivity contribution in [3.63, 3.8) is 0 Å². The molecule has 0 unspecified atom stereocenters. The fourth-order valence-corrected chi connectivity index (χ4v) is 1.98. The van der Waals surface area contributed by atoms with E-state index in [1.165, 1.54) is 0 Å². The van der Waals surface area contributed by atoms with Crippen LogP contribution in [0.5, 0.6) is 0 Å². The molecular formula is C13H22N4. The minimum Gasteiger partial charge on any atom is -0.366 e. The summed E-state index contributed by atoms with van der Waals surface area (Å²) in [4.78, 5) is 0. The first-order valence-electron chi connectivity index (χ1n) is 6.37. The summed E-state index contributed by atoms with van der Waals surface area (Å²) in [5, 5.41) is 15.3. The van der Waals surface area contributed by atoms with Crippen LogP contribution in [0.25, 0.3) is 0 Å². The molecule has 1 aliphatic heterocycles. The smallest absolute Gasteiger partial charge is 0.148 e. The molecule has 1 aromatic rings. The molecular weight excluding hydrogens is 212 g/mol. The standard InChI is InChI=1S/C13H22N4/c1-13(2,3)11-4-5-12(17-16-11)15-10-6-8-14-9-7-10/h4-5,10,14H,6-9H2,1-3H3,(H,15,17). The van der Waals surface area contributed by atoms with Crippen LogP contribution in [-0.2, 0) is 5.41 Å². The zero-order valence-electron chi connectivity index (χ0n) is 11.0. The van der Waals surface area contributed by atoms with Crippen molar-refractivity contribution in [2.75, 3.05) is 18.4 Å². The largest absolute Gasteiger partial charge is 0.366 e. The maximum absolute atomic E-state index is 4.29. The van der Waals surface area contributed by atoms with Crippen molar-refractivity contribution in [3.05, 3.63) is 17.8 Å². The molecule has 4 nitrogen and oxygen atoms in total. The predicted molar refractivity (Wildman–Crippen MR) is 70.2 cm³/mol. The molecule has 0 aliphatic carbocycles. The third-order valence-corrected chi connectivity index (χ3v) is 3.12. The second kappa shape index (κ2) is 5.00. The van der Waals surface area contributed by atoms with Gasteiger partial charge in [-0.3, -0.25) is 0 Å². The van der Waals surface area contributed by atoms with Crippen LogP contribution in [0, 0.1) is 0 Å². The van der Waals surface area contributed by atoms with Crippen molar-refractivity contribution >= 4 is 5.82 Å². The Bertz CT molecular complexity index is 347. The first kappa shape index (κ1) is 12.3. The highest BCUT2D eigenvalue weighted by Gasteiger charge is 2.17. The molecule has 1 saturated heterocycles. The van der Waals surface area contributed by atoms with Crippen LogP contribution in [-0.4, -0.2) is 29.3 Å². The van der Waals surface area contributed by atoms with Crippen molar-refractivity contribution < 1.29 is 0 Å². The summed E-state index contributed by atoms with van der Waals surface area (Å²) in [5.74, 6) is 0.893. The Morgan fingerprint density at radius 3 is 2.41 bits per heavy atom. The maximum atomic E-state index is 4.29. The average Bonchev–Trinajstić information content (AvgIpc) is 2.30. The topological polar surface area (TPSA) is 49.8 Å². The van der Waals surface area contributed by atoms with E-state index in [9.17, 15) is 0 Å². The summed E-state index contributed by atoms with van der Waals surface area (Å²) >= 11 is 0. The van der Waals surface area contributed by atoms with Gasteiger partial charge in [-0.2, -0.15) is 5.10 Å². The summed E-state index contributed by atoms with van der Waals surface area (Å²) in [7, 11) is 0. The van der Waals surface area contributed by atoms with Gasteiger partial charge in [0.05, 0.1) is 5.69 Å². The molecule has 4 heteroatoms. The number of hydrogen-bond acceptors (Lipinski definition) is 4. The molecule has 0 aromatic carbocycles. The molecule has 94 valence electrons. The lowest BCUT2D eigenvalue weighted by molar-refractivity contribution is 0.477. The minimum absolute atomic E-state index is 0.0697. The minimum atomic E-state index is 0.0697. The number of nitrogens with one attached hydrogen (secondary N) is 2. The Morgan fingerprint density at radius 1 is 1.18 bits per heavy atom. The number of anilines is 1. The molecule has 0 bridgehead atoms. The van der Waals surface area contributed by atoms with E-state index in [2.05, 4.69) is 47.7 Å². The van der Waals surface area contributed by atoms with Crippen LogP contribution in [0.4, 0.5) is 5.82 Å². The third-order valence-electron chi connectivity index (χ3n) is 3.12. The first-order chi connectivity index (χ1) is 8.05. The van der Waals surface area contributed by atoms with Crippen molar-refractivity contribution in [2.45, 2.75) is 45.1 Å². The van der Waals surface area contributed by atoms with Crippen LogP contribution in [0.2, 0.25) is 0 Å². The van der Waals surface area contributed by atoms with Gasteiger partial charge in [0.2, 0.25) is 0 Å². The van der Waals surface area contributed by atoms with E-state index in [0.717, 1.165) is 37.4 Å². The Kier molecular flexibility index (Phi) is 3.62. The van der Waals surface area contributed by atoms with Crippen LogP contribution in [0.1, 0.15) is 39.3 Å². The maximum Gasteiger partial charge on any atom is 0.148 e. The molecule has 0 atom stereocenters. The zero-order chi connectivity index (χ0) is 12.3. The summed E-state index contributed by atoms with van der Waals surface area (Å²) in [6.45, 7) is 8.63. The van der Waals surface area contributed by atoms with Gasteiger partial charge in [-0.05, 0) is 38.1 Å². The molecule has 2 rings (SSSR count). The lowest BCUT2D eigenvalue weighted by Gasteiger charge is -2.24. The van der Waals surface area contributed by atoms with Crippen molar-refractivity contribution in [1.29, 1.82) is 0 Å². The number of aromatic nitrogens is 2. The monoisotopic (exact) mass is 234 g/mol. The quantitative estimate of drug-likeness (QED) is 0.821. The molecule has 17 heavy (non-hydrogen) atoms. The SMILES string of the molecule is CC(C)(C)c1ccc(NC2CCNCC2)nn1. The predicted octanol–water partition coefficient (Wildman–Crippen LogP) is 1.94. The van der Waals surface area contributed by atoms with E-state index in [1.807, 2.05) is 6.07 Å². The van der Waals surface area contributed by atoms with Gasteiger partial charge in [-0.15, -0.1) is 5.10 Å².